The van der Waals surface area contributed by atoms with Crippen LogP contribution < -0.4 is 5.32 Å². The number of aromatic nitrogens is 1. The zero-order valence-electron chi connectivity index (χ0n) is 15.8. The van der Waals surface area contributed by atoms with Gasteiger partial charge < -0.3 is 10.1 Å². The van der Waals surface area contributed by atoms with E-state index >= 15 is 0 Å². The number of nitrogens with zero attached hydrogens (tertiary/aromatic N) is 2. The lowest BCUT2D eigenvalue weighted by molar-refractivity contribution is -0.137. The highest BCUT2D eigenvalue weighted by Crippen LogP contribution is 2.26. The predicted octanol–water partition coefficient (Wildman–Crippen LogP) is 3.87. The number of nitrogens with one attached hydrogen (secondary N) is 1. The Morgan fingerprint density at radius 2 is 2.12 bits per heavy atom. The second kappa shape index (κ2) is 9.72. The van der Waals surface area contributed by atoms with Crippen LogP contribution in [0.5, 0.6) is 0 Å². The molecule has 1 saturated carbocycles. The Bertz CT molecular complexity index is 594. The second-order valence-corrected chi connectivity index (χ2v) is 7.33. The number of esters is 1. The van der Waals surface area contributed by atoms with Crippen molar-refractivity contribution in [3.63, 3.8) is 0 Å². The highest BCUT2D eigenvalue weighted by molar-refractivity contribution is 5.86. The summed E-state index contributed by atoms with van der Waals surface area (Å²) in [6, 6.07) is 5.23. The Balaban J connectivity index is 1.51. The maximum Gasteiger partial charge on any atom is 0.330 e. The van der Waals surface area contributed by atoms with Crippen molar-refractivity contribution in [3.05, 3.63) is 30.0 Å². The normalized spacial score (nSPS) is 22.4. The Morgan fingerprint density at radius 3 is 2.85 bits per heavy atom. The molecule has 2 fully saturated rings. The summed E-state index contributed by atoms with van der Waals surface area (Å²) >= 11 is 0. The Kier molecular flexibility index (Phi) is 7.06. The van der Waals surface area contributed by atoms with Crippen LogP contribution in [-0.4, -0.2) is 47.6 Å². The van der Waals surface area contributed by atoms with Crippen molar-refractivity contribution < 1.29 is 9.53 Å². The van der Waals surface area contributed by atoms with Crippen LogP contribution in [0.3, 0.4) is 0 Å². The van der Waals surface area contributed by atoms with E-state index in [0.29, 0.717) is 12.6 Å². The number of hydrogen-bond donors (Lipinski definition) is 1. The molecule has 1 saturated heterocycles. The molecule has 1 aliphatic carbocycles. The van der Waals surface area contributed by atoms with Gasteiger partial charge in [-0.2, -0.15) is 0 Å². The van der Waals surface area contributed by atoms with Crippen LogP contribution >= 0.6 is 0 Å². The number of rotatable bonds is 6. The van der Waals surface area contributed by atoms with Gasteiger partial charge in [-0.05, 0) is 62.9 Å². The van der Waals surface area contributed by atoms with Crippen molar-refractivity contribution in [2.75, 3.05) is 25.0 Å². The summed E-state index contributed by atoms with van der Waals surface area (Å²) in [7, 11) is 0. The largest absolute Gasteiger partial charge is 0.463 e. The third-order valence-corrected chi connectivity index (χ3v) is 5.38. The molecule has 1 N–H and O–H groups in total. The van der Waals surface area contributed by atoms with Crippen LogP contribution in [0.2, 0.25) is 0 Å². The van der Waals surface area contributed by atoms with Crippen molar-refractivity contribution in [2.24, 2.45) is 0 Å². The average Bonchev–Trinajstić information content (AvgIpc) is 2.69. The molecule has 0 unspecified atom stereocenters. The first-order valence-electron chi connectivity index (χ1n) is 10.1. The summed E-state index contributed by atoms with van der Waals surface area (Å²) in [5.74, 6) is 0.591. The minimum Gasteiger partial charge on any atom is -0.463 e. The molecular formula is C21H31N3O2. The molecule has 2 heterocycles. The van der Waals surface area contributed by atoms with Gasteiger partial charge in [-0.1, -0.05) is 19.3 Å². The molecule has 5 heteroatoms. The molecule has 1 aliphatic heterocycles. The number of hydrogen-bond acceptors (Lipinski definition) is 5. The van der Waals surface area contributed by atoms with Crippen molar-refractivity contribution >= 4 is 17.9 Å². The van der Waals surface area contributed by atoms with Gasteiger partial charge in [-0.25, -0.2) is 9.78 Å². The van der Waals surface area contributed by atoms with Gasteiger partial charge in [0.15, 0.2) is 0 Å². The first-order chi connectivity index (χ1) is 12.7. The van der Waals surface area contributed by atoms with Gasteiger partial charge >= 0.3 is 5.97 Å². The van der Waals surface area contributed by atoms with Gasteiger partial charge in [0.2, 0.25) is 0 Å². The second-order valence-electron chi connectivity index (χ2n) is 7.33. The number of likely N-dealkylation sites (tertiary alicyclic amines) is 1. The number of pyridine rings is 1. The van der Waals surface area contributed by atoms with E-state index in [1.165, 1.54) is 57.6 Å². The van der Waals surface area contributed by atoms with Crippen LogP contribution in [0.25, 0.3) is 6.08 Å². The van der Waals surface area contributed by atoms with E-state index in [1.54, 1.807) is 19.2 Å². The van der Waals surface area contributed by atoms with Crippen molar-refractivity contribution in [3.8, 4) is 0 Å². The Morgan fingerprint density at radius 1 is 1.27 bits per heavy atom. The lowest BCUT2D eigenvalue weighted by Crippen LogP contribution is -2.47. The molecule has 142 valence electrons. The smallest absolute Gasteiger partial charge is 0.330 e. The van der Waals surface area contributed by atoms with E-state index < -0.39 is 0 Å². The maximum absolute atomic E-state index is 11.4. The van der Waals surface area contributed by atoms with Crippen LogP contribution in [0.4, 0.5) is 5.82 Å². The zero-order chi connectivity index (χ0) is 18.2. The van der Waals surface area contributed by atoms with Gasteiger partial charge in [-0.3, -0.25) is 4.90 Å². The third kappa shape index (κ3) is 5.56. The lowest BCUT2D eigenvalue weighted by atomic mass is 9.92. The fraction of sp³-hybridized carbons (Fsp3) is 0.619. The van der Waals surface area contributed by atoms with Gasteiger partial charge in [-0.15, -0.1) is 0 Å². The molecule has 2 aliphatic rings. The quantitative estimate of drug-likeness (QED) is 0.619. The third-order valence-electron chi connectivity index (χ3n) is 5.38. The monoisotopic (exact) mass is 357 g/mol. The van der Waals surface area contributed by atoms with E-state index in [2.05, 4.69) is 15.2 Å². The van der Waals surface area contributed by atoms with Crippen molar-refractivity contribution in [2.45, 2.75) is 64.0 Å². The minimum atomic E-state index is -0.320. The standard InChI is InChI=1S/C21H31N3O2/c1-2-26-21(25)13-11-17-10-12-20(22-15-17)23-18-7-6-14-24(16-18)19-8-4-3-5-9-19/h10-13,15,18-19H,2-9,14,16H2,1H3,(H,22,23)/t18-/m1/s1. The summed E-state index contributed by atoms with van der Waals surface area (Å²) in [5, 5.41) is 3.59. The molecular weight excluding hydrogens is 326 g/mol. The minimum absolute atomic E-state index is 0.320. The molecule has 3 rings (SSSR count). The fourth-order valence-corrected chi connectivity index (χ4v) is 4.06. The molecule has 0 amide bonds. The number of anilines is 1. The molecule has 5 nitrogen and oxygen atoms in total. The number of carbonyl (C=O) groups is 1. The molecule has 1 atom stereocenters. The molecule has 1 aromatic heterocycles. The predicted molar refractivity (Wildman–Crippen MR) is 105 cm³/mol. The number of piperidine rings is 1. The van der Waals surface area contributed by atoms with Crippen LogP contribution in [0.15, 0.2) is 24.4 Å². The molecule has 0 bridgehead atoms. The maximum atomic E-state index is 11.4. The van der Waals surface area contributed by atoms with E-state index in [1.807, 2.05) is 12.1 Å². The van der Waals surface area contributed by atoms with E-state index in [4.69, 9.17) is 4.74 Å². The van der Waals surface area contributed by atoms with E-state index in [9.17, 15) is 4.79 Å². The number of carbonyl (C=O) groups excluding carboxylic acids is 1. The first kappa shape index (κ1) is 18.9. The van der Waals surface area contributed by atoms with E-state index in [0.717, 1.165) is 24.0 Å². The van der Waals surface area contributed by atoms with Crippen molar-refractivity contribution in [1.29, 1.82) is 0 Å². The molecule has 1 aromatic rings. The van der Waals surface area contributed by atoms with Gasteiger partial charge in [0, 0.05) is 30.9 Å². The topological polar surface area (TPSA) is 54.5 Å². The lowest BCUT2D eigenvalue weighted by Gasteiger charge is -2.40. The number of ether oxygens (including phenoxy) is 1. The molecule has 0 aromatic carbocycles. The SMILES string of the molecule is CCOC(=O)C=Cc1ccc(N[C@@H]2CCCN(C3CCCCC3)C2)nc1. The fourth-order valence-electron chi connectivity index (χ4n) is 4.06. The Hall–Kier alpha value is -1.88. The Labute approximate surface area is 156 Å². The molecule has 0 spiro atoms. The molecule has 26 heavy (non-hydrogen) atoms. The van der Waals surface area contributed by atoms with E-state index in [-0.39, 0.29) is 5.97 Å². The highest BCUT2D eigenvalue weighted by atomic mass is 16.5. The first-order valence-corrected chi connectivity index (χ1v) is 10.1. The zero-order valence-corrected chi connectivity index (χ0v) is 15.8. The van der Waals surface area contributed by atoms with Crippen LogP contribution in [-0.2, 0) is 9.53 Å². The summed E-state index contributed by atoms with van der Waals surface area (Å²) in [6.45, 7) is 4.56. The van der Waals surface area contributed by atoms with Crippen LogP contribution in [0, 0.1) is 0 Å². The summed E-state index contributed by atoms with van der Waals surface area (Å²) in [5.41, 5.74) is 0.899. The van der Waals surface area contributed by atoms with Gasteiger partial charge in [0.1, 0.15) is 5.82 Å². The van der Waals surface area contributed by atoms with Gasteiger partial charge in [0.25, 0.3) is 0 Å². The summed E-state index contributed by atoms with van der Waals surface area (Å²) in [6.07, 6.45) is 14.4. The van der Waals surface area contributed by atoms with Crippen LogP contribution in [0.1, 0.15) is 57.4 Å². The van der Waals surface area contributed by atoms with Gasteiger partial charge in [0.05, 0.1) is 6.61 Å². The highest BCUT2D eigenvalue weighted by Gasteiger charge is 2.26. The molecule has 0 radical (unpaired) electrons. The summed E-state index contributed by atoms with van der Waals surface area (Å²) < 4.78 is 4.88. The average molecular weight is 357 g/mol. The van der Waals surface area contributed by atoms with Crippen molar-refractivity contribution in [1.82, 2.24) is 9.88 Å². The summed E-state index contributed by atoms with van der Waals surface area (Å²) in [4.78, 5) is 18.6.